The molecule has 0 fully saturated rings. The molecule has 0 aliphatic rings. The molecule has 0 bridgehead atoms. The Kier molecular flexibility index (Phi) is 7.53. The Morgan fingerprint density at radius 1 is 1.67 bits per heavy atom. The minimum absolute atomic E-state index is 0.161. The lowest BCUT2D eigenvalue weighted by Gasteiger charge is -2.11. The third-order valence-corrected chi connectivity index (χ3v) is 6.12. The van der Waals surface area contributed by atoms with Gasteiger partial charge in [0.25, 0.3) is 0 Å². The predicted octanol–water partition coefficient (Wildman–Crippen LogP) is 1.16. The Labute approximate surface area is 100 Å². The van der Waals surface area contributed by atoms with E-state index in [1.807, 2.05) is 11.0 Å². The van der Waals surface area contributed by atoms with Crippen LogP contribution in [0.1, 0.15) is 0 Å². The van der Waals surface area contributed by atoms with E-state index in [0.717, 1.165) is 0 Å². The summed E-state index contributed by atoms with van der Waals surface area (Å²) >= 11 is 0. The molecule has 0 rings (SSSR count). The van der Waals surface area contributed by atoms with Crippen molar-refractivity contribution in [3.63, 3.8) is 0 Å². The molecule has 1 atom stereocenters. The fraction of sp³-hybridized carbons (Fsp3) is 0.500. The van der Waals surface area contributed by atoms with Gasteiger partial charge < -0.3 is 5.11 Å². The second-order valence-corrected chi connectivity index (χ2v) is 8.28. The lowest BCUT2D eigenvalue weighted by atomic mass is 10.4. The lowest BCUT2D eigenvalue weighted by molar-refractivity contribution is -0.138. The third-order valence-electron chi connectivity index (χ3n) is 1.17. The van der Waals surface area contributed by atoms with Crippen molar-refractivity contribution in [2.75, 3.05) is 12.0 Å². The van der Waals surface area contributed by atoms with Gasteiger partial charge in [-0.2, -0.15) is 4.72 Å². The smallest absolute Gasteiger partial charge is 0.322 e. The maximum Gasteiger partial charge on any atom is 0.322 e. The standard InChI is InChI=1S/C6H11NO4S4/c1-3-15(10,11)7-5(6(8)9)4-13-14-12-2/h3,5,7H,1,4H2,2H3,(H,8,9)/t5-/m0/s1. The van der Waals surface area contributed by atoms with Crippen LogP contribution in [0.4, 0.5) is 0 Å². The first-order valence-electron chi connectivity index (χ1n) is 3.62. The van der Waals surface area contributed by atoms with Gasteiger partial charge in [0.1, 0.15) is 6.04 Å². The average molecular weight is 289 g/mol. The maximum atomic E-state index is 11.0. The molecule has 0 amide bonds. The van der Waals surface area contributed by atoms with Crippen LogP contribution in [0.2, 0.25) is 0 Å². The molecule has 0 aromatic carbocycles. The summed E-state index contributed by atoms with van der Waals surface area (Å²) in [5.74, 6) is -1.04. The first kappa shape index (κ1) is 15.2. The Bertz CT molecular complexity index is 315. The highest BCUT2D eigenvalue weighted by molar-refractivity contribution is 9.09. The molecule has 0 aliphatic carbocycles. The van der Waals surface area contributed by atoms with E-state index in [1.54, 1.807) is 0 Å². The van der Waals surface area contributed by atoms with Crippen molar-refractivity contribution < 1.29 is 18.3 Å². The van der Waals surface area contributed by atoms with Gasteiger partial charge in [0.15, 0.2) is 0 Å². The molecule has 0 saturated heterocycles. The topological polar surface area (TPSA) is 83.5 Å². The SMILES string of the molecule is C=CS(=O)(=O)N[C@@H](CSSSC)C(=O)O. The number of carboxylic acid groups (broad SMARTS) is 1. The van der Waals surface area contributed by atoms with E-state index in [0.29, 0.717) is 5.41 Å². The van der Waals surface area contributed by atoms with Gasteiger partial charge >= 0.3 is 5.97 Å². The molecule has 0 aliphatic heterocycles. The summed E-state index contributed by atoms with van der Waals surface area (Å²) in [7, 11) is 0.446. The van der Waals surface area contributed by atoms with Gasteiger partial charge in [-0.05, 0) is 16.1 Å². The highest BCUT2D eigenvalue weighted by Gasteiger charge is 2.22. The van der Waals surface area contributed by atoms with Crippen LogP contribution >= 0.6 is 31.4 Å². The molecule has 0 unspecified atom stereocenters. The molecule has 0 aromatic heterocycles. The number of hydrogen-bond donors (Lipinski definition) is 2. The van der Waals surface area contributed by atoms with Crippen molar-refractivity contribution in [2.24, 2.45) is 0 Å². The van der Waals surface area contributed by atoms with Gasteiger partial charge in [0.05, 0.1) is 0 Å². The van der Waals surface area contributed by atoms with Gasteiger partial charge in [0.2, 0.25) is 10.0 Å². The van der Waals surface area contributed by atoms with Crippen LogP contribution in [0.25, 0.3) is 0 Å². The van der Waals surface area contributed by atoms with Gasteiger partial charge in [-0.3, -0.25) is 4.79 Å². The molecular weight excluding hydrogens is 278 g/mol. The van der Waals surface area contributed by atoms with Gasteiger partial charge in [-0.1, -0.05) is 28.2 Å². The second-order valence-electron chi connectivity index (χ2n) is 2.24. The molecule has 9 heteroatoms. The Hall–Kier alpha value is 0.170. The molecule has 5 nitrogen and oxygen atoms in total. The van der Waals surface area contributed by atoms with Crippen LogP contribution in [-0.4, -0.2) is 37.5 Å². The summed E-state index contributed by atoms with van der Waals surface area (Å²) in [4.78, 5) is 10.7. The van der Waals surface area contributed by atoms with E-state index in [-0.39, 0.29) is 5.75 Å². The number of aliphatic carboxylic acids is 1. The second kappa shape index (κ2) is 7.44. The van der Waals surface area contributed by atoms with Crippen LogP contribution in [-0.2, 0) is 14.8 Å². The zero-order valence-electron chi connectivity index (χ0n) is 7.87. The number of hydrogen-bond acceptors (Lipinski definition) is 6. The van der Waals surface area contributed by atoms with Crippen molar-refractivity contribution in [2.45, 2.75) is 6.04 Å². The number of carboxylic acids is 1. The largest absolute Gasteiger partial charge is 0.480 e. The summed E-state index contributed by atoms with van der Waals surface area (Å²) in [5.41, 5.74) is 0. The van der Waals surface area contributed by atoms with Crippen LogP contribution in [0.15, 0.2) is 12.0 Å². The molecule has 2 N–H and O–H groups in total. The molecule has 0 heterocycles. The Balaban J connectivity index is 4.29. The minimum Gasteiger partial charge on any atom is -0.480 e. The van der Waals surface area contributed by atoms with E-state index in [2.05, 4.69) is 6.58 Å². The lowest BCUT2D eigenvalue weighted by Crippen LogP contribution is -2.41. The first-order chi connectivity index (χ1) is 6.93. The molecule has 0 aromatic rings. The van der Waals surface area contributed by atoms with E-state index < -0.39 is 22.0 Å². The molecule has 0 spiro atoms. The maximum absolute atomic E-state index is 11.0. The van der Waals surface area contributed by atoms with E-state index in [9.17, 15) is 13.2 Å². The quantitative estimate of drug-likeness (QED) is 0.512. The molecular formula is C6H11NO4S4. The van der Waals surface area contributed by atoms with Crippen molar-refractivity contribution >= 4 is 47.4 Å². The summed E-state index contributed by atoms with van der Waals surface area (Å²) in [6.45, 7) is 3.08. The van der Waals surface area contributed by atoms with Crippen LogP contribution < -0.4 is 4.72 Å². The molecule has 0 radical (unpaired) electrons. The number of rotatable bonds is 8. The fourth-order valence-electron chi connectivity index (χ4n) is 0.546. The highest BCUT2D eigenvalue weighted by Crippen LogP contribution is 2.32. The third kappa shape index (κ3) is 7.12. The molecule has 88 valence electrons. The average Bonchev–Trinajstić information content (AvgIpc) is 2.16. The van der Waals surface area contributed by atoms with E-state index in [4.69, 9.17) is 5.11 Å². The summed E-state index contributed by atoms with van der Waals surface area (Å²) < 4.78 is 24.1. The van der Waals surface area contributed by atoms with Crippen LogP contribution in [0, 0.1) is 0 Å². The van der Waals surface area contributed by atoms with Crippen molar-refractivity contribution in [3.05, 3.63) is 12.0 Å². The minimum atomic E-state index is -3.70. The zero-order valence-corrected chi connectivity index (χ0v) is 11.1. The number of sulfonamides is 1. The fourth-order valence-corrected chi connectivity index (χ4v) is 4.07. The van der Waals surface area contributed by atoms with Crippen LogP contribution in [0.5, 0.6) is 0 Å². The highest BCUT2D eigenvalue weighted by atomic mass is 33.5. The Morgan fingerprint density at radius 2 is 2.27 bits per heavy atom. The normalized spacial score (nSPS) is 13.4. The summed E-state index contributed by atoms with van der Waals surface area (Å²) in [6.07, 6.45) is 1.85. The van der Waals surface area contributed by atoms with E-state index >= 15 is 0 Å². The molecule has 15 heavy (non-hydrogen) atoms. The van der Waals surface area contributed by atoms with Crippen molar-refractivity contribution in [1.82, 2.24) is 4.72 Å². The van der Waals surface area contributed by atoms with Crippen LogP contribution in [0.3, 0.4) is 0 Å². The van der Waals surface area contributed by atoms with Gasteiger partial charge in [-0.15, -0.1) is 0 Å². The van der Waals surface area contributed by atoms with Crippen molar-refractivity contribution in [1.29, 1.82) is 0 Å². The zero-order chi connectivity index (χ0) is 11.9. The van der Waals surface area contributed by atoms with Crippen molar-refractivity contribution in [3.8, 4) is 0 Å². The van der Waals surface area contributed by atoms with E-state index in [1.165, 1.54) is 31.4 Å². The molecule has 0 saturated carbocycles. The van der Waals surface area contributed by atoms with Gasteiger partial charge in [0, 0.05) is 11.2 Å². The first-order valence-corrected chi connectivity index (χ1v) is 9.23. The van der Waals surface area contributed by atoms with Gasteiger partial charge in [-0.25, -0.2) is 8.42 Å². The summed E-state index contributed by atoms with van der Waals surface area (Å²) in [5, 5.41) is 9.43. The monoisotopic (exact) mass is 289 g/mol. The number of nitrogens with one attached hydrogen (secondary N) is 1. The summed E-state index contributed by atoms with van der Waals surface area (Å²) in [6, 6.07) is -1.13. The Morgan fingerprint density at radius 3 is 2.67 bits per heavy atom. The predicted molar refractivity (Wildman–Crippen MR) is 67.2 cm³/mol. The number of carbonyl (C=O) groups is 1.